The van der Waals surface area contributed by atoms with Crippen molar-refractivity contribution in [1.82, 2.24) is 34.5 Å². The van der Waals surface area contributed by atoms with Crippen LogP contribution in [0.2, 0.25) is 0 Å². The number of aliphatic carboxylic acids is 1. The minimum atomic E-state index is -5.08. The lowest BCUT2D eigenvalue weighted by molar-refractivity contribution is -0.192. The molecular weight excluding hydrogens is 473 g/mol. The molecule has 0 saturated heterocycles. The number of carbonyl (C=O) groups is 1. The molecule has 0 aromatic carbocycles. The summed E-state index contributed by atoms with van der Waals surface area (Å²) in [7, 11) is 0. The second-order valence-corrected chi connectivity index (χ2v) is 5.98. The van der Waals surface area contributed by atoms with Gasteiger partial charge in [-0.15, -0.1) is 0 Å². The molecule has 0 aliphatic carbocycles. The number of imidazole rings is 2. The summed E-state index contributed by atoms with van der Waals surface area (Å²) in [5, 5.41) is 13.7. The molecule has 0 aliphatic rings. The van der Waals surface area contributed by atoms with E-state index in [2.05, 4.69) is 46.1 Å². The van der Waals surface area contributed by atoms with Crippen LogP contribution < -0.4 is 0 Å². The molecule has 4 rings (SSSR count). The number of aromatic amines is 2. The molecule has 0 aliphatic heterocycles. The number of nitrogens with zero attached hydrogens (tertiary/aromatic N) is 5. The Kier molecular flexibility index (Phi) is 5.32. The first kappa shape index (κ1) is 20.4. The second-order valence-electron chi connectivity index (χ2n) is 5.23. The van der Waals surface area contributed by atoms with Gasteiger partial charge in [-0.3, -0.25) is 9.50 Å². The molecule has 0 atom stereocenters. The molecule has 0 fully saturated rings. The van der Waals surface area contributed by atoms with Crippen molar-refractivity contribution in [2.45, 2.75) is 6.18 Å². The Morgan fingerprint density at radius 3 is 2.45 bits per heavy atom. The first-order valence-electron chi connectivity index (χ1n) is 7.32. The summed E-state index contributed by atoms with van der Waals surface area (Å²) in [6.45, 7) is 0. The fraction of sp³-hybridized carbons (Fsp3) is 0.0714. The molecule has 0 saturated carbocycles. The van der Waals surface area contributed by atoms with Crippen LogP contribution in [-0.2, 0) is 4.79 Å². The predicted octanol–water partition coefficient (Wildman–Crippen LogP) is 3.18. The number of hydrogen-bond donors (Lipinski definition) is 3. The molecular formula is C14H7BrF5N7O2. The molecule has 0 radical (unpaired) electrons. The van der Waals surface area contributed by atoms with Crippen LogP contribution in [0.15, 0.2) is 29.5 Å². The molecule has 3 N–H and O–H groups in total. The number of halogens is 6. The van der Waals surface area contributed by atoms with Gasteiger partial charge in [0.05, 0.1) is 18.2 Å². The predicted molar refractivity (Wildman–Crippen MR) is 89.5 cm³/mol. The quantitative estimate of drug-likeness (QED) is 0.379. The van der Waals surface area contributed by atoms with E-state index in [9.17, 15) is 22.0 Å². The number of nitrogens with one attached hydrogen (secondary N) is 2. The van der Waals surface area contributed by atoms with Gasteiger partial charge in [-0.1, -0.05) is 0 Å². The minimum Gasteiger partial charge on any atom is -0.475 e. The highest BCUT2D eigenvalue weighted by molar-refractivity contribution is 9.10. The molecule has 0 unspecified atom stereocenters. The molecule has 152 valence electrons. The SMILES string of the molecule is Fc1cc(F)c2nc(-c3n[nH]c(Br)n3)c(-c3cnc[nH]3)n2c1.O=C(O)C(F)(F)F. The summed E-state index contributed by atoms with van der Waals surface area (Å²) in [4.78, 5) is 24.0. The van der Waals surface area contributed by atoms with Gasteiger partial charge < -0.3 is 10.1 Å². The van der Waals surface area contributed by atoms with Crippen molar-refractivity contribution in [3.05, 3.63) is 41.2 Å². The lowest BCUT2D eigenvalue weighted by Crippen LogP contribution is -2.21. The molecule has 4 aromatic rings. The van der Waals surface area contributed by atoms with Crippen molar-refractivity contribution < 1.29 is 31.9 Å². The Morgan fingerprint density at radius 2 is 1.93 bits per heavy atom. The van der Waals surface area contributed by atoms with Crippen LogP contribution in [0.25, 0.3) is 28.6 Å². The second kappa shape index (κ2) is 7.57. The van der Waals surface area contributed by atoms with E-state index in [0.717, 1.165) is 12.3 Å². The Labute approximate surface area is 164 Å². The fourth-order valence-corrected chi connectivity index (χ4v) is 2.48. The number of rotatable bonds is 2. The highest BCUT2D eigenvalue weighted by Gasteiger charge is 2.38. The molecule has 0 spiro atoms. The van der Waals surface area contributed by atoms with E-state index in [1.165, 1.54) is 16.9 Å². The number of carboxylic acids is 1. The van der Waals surface area contributed by atoms with Gasteiger partial charge in [0.25, 0.3) is 0 Å². The molecule has 0 bridgehead atoms. The lowest BCUT2D eigenvalue weighted by Gasteiger charge is -2.01. The molecule has 4 heterocycles. The zero-order valence-electron chi connectivity index (χ0n) is 13.7. The first-order chi connectivity index (χ1) is 13.6. The van der Waals surface area contributed by atoms with Crippen molar-refractivity contribution in [2.75, 3.05) is 0 Å². The summed E-state index contributed by atoms with van der Waals surface area (Å²) in [6, 6.07) is 0.775. The first-order valence-corrected chi connectivity index (χ1v) is 8.11. The van der Waals surface area contributed by atoms with Crippen LogP contribution in [0.1, 0.15) is 0 Å². The van der Waals surface area contributed by atoms with Crippen LogP contribution >= 0.6 is 15.9 Å². The van der Waals surface area contributed by atoms with Gasteiger partial charge in [0.15, 0.2) is 16.2 Å². The number of fused-ring (bicyclic) bond motifs is 1. The van der Waals surface area contributed by atoms with Crippen LogP contribution in [0.4, 0.5) is 22.0 Å². The van der Waals surface area contributed by atoms with Crippen LogP contribution in [0, 0.1) is 11.6 Å². The lowest BCUT2D eigenvalue weighted by atomic mass is 10.2. The maximum atomic E-state index is 14.0. The van der Waals surface area contributed by atoms with Crippen LogP contribution in [0.3, 0.4) is 0 Å². The van der Waals surface area contributed by atoms with Gasteiger partial charge >= 0.3 is 12.1 Å². The smallest absolute Gasteiger partial charge is 0.475 e. The molecule has 15 heteroatoms. The summed E-state index contributed by atoms with van der Waals surface area (Å²) in [5.41, 5.74) is 1.23. The minimum absolute atomic E-state index is 0.0260. The van der Waals surface area contributed by atoms with Crippen molar-refractivity contribution in [1.29, 1.82) is 0 Å². The monoisotopic (exact) mass is 479 g/mol. The van der Waals surface area contributed by atoms with E-state index < -0.39 is 23.8 Å². The number of carboxylic acid groups (broad SMARTS) is 1. The van der Waals surface area contributed by atoms with E-state index in [-0.39, 0.29) is 11.5 Å². The standard InChI is InChI=1S/C12H6BrF2N7.C2HF3O2/c13-12-19-10(20-21-12)8-9(7-2-16-4-17-7)22-3-5(14)1-6(15)11(22)18-8;3-2(4,5)1(6)7/h1-4H,(H,16,17)(H,19,20,21);(H,6,7). The van der Waals surface area contributed by atoms with Gasteiger partial charge in [0.1, 0.15) is 17.2 Å². The molecule has 0 amide bonds. The Bertz CT molecular complexity index is 1170. The number of pyridine rings is 1. The fourth-order valence-electron chi connectivity index (χ4n) is 2.22. The van der Waals surface area contributed by atoms with Crippen LogP contribution in [0.5, 0.6) is 0 Å². The summed E-state index contributed by atoms with van der Waals surface area (Å²) in [5.74, 6) is -4.00. The van der Waals surface area contributed by atoms with Crippen molar-refractivity contribution in [3.8, 4) is 22.9 Å². The van der Waals surface area contributed by atoms with Crippen LogP contribution in [-0.4, -0.2) is 51.8 Å². The van der Waals surface area contributed by atoms with Gasteiger partial charge in [-0.2, -0.15) is 23.3 Å². The third-order valence-electron chi connectivity index (χ3n) is 3.31. The highest BCUT2D eigenvalue weighted by Crippen LogP contribution is 2.31. The zero-order chi connectivity index (χ0) is 21.3. The number of alkyl halides is 3. The van der Waals surface area contributed by atoms with Gasteiger partial charge in [0.2, 0.25) is 5.82 Å². The summed E-state index contributed by atoms with van der Waals surface area (Å²) >= 11 is 3.15. The third-order valence-corrected chi connectivity index (χ3v) is 3.66. The van der Waals surface area contributed by atoms with E-state index in [1.807, 2.05) is 0 Å². The summed E-state index contributed by atoms with van der Waals surface area (Å²) < 4.78 is 61.0. The normalized spacial score (nSPS) is 11.4. The van der Waals surface area contributed by atoms with Gasteiger partial charge in [-0.25, -0.2) is 23.5 Å². The molecule has 29 heavy (non-hydrogen) atoms. The number of hydrogen-bond acceptors (Lipinski definition) is 5. The average molecular weight is 480 g/mol. The largest absolute Gasteiger partial charge is 0.490 e. The van der Waals surface area contributed by atoms with Crippen molar-refractivity contribution in [2.24, 2.45) is 0 Å². The van der Waals surface area contributed by atoms with Crippen molar-refractivity contribution in [3.63, 3.8) is 0 Å². The Morgan fingerprint density at radius 1 is 1.24 bits per heavy atom. The van der Waals surface area contributed by atoms with E-state index in [0.29, 0.717) is 21.8 Å². The molecule has 9 nitrogen and oxygen atoms in total. The Balaban J connectivity index is 0.000000298. The van der Waals surface area contributed by atoms with Gasteiger partial charge in [0, 0.05) is 12.3 Å². The molecule has 4 aromatic heterocycles. The zero-order valence-corrected chi connectivity index (χ0v) is 15.3. The van der Waals surface area contributed by atoms with E-state index in [4.69, 9.17) is 9.90 Å². The maximum Gasteiger partial charge on any atom is 0.490 e. The summed E-state index contributed by atoms with van der Waals surface area (Å²) in [6.07, 6.45) is -0.952. The topological polar surface area (TPSA) is 125 Å². The maximum absolute atomic E-state index is 14.0. The van der Waals surface area contributed by atoms with Gasteiger partial charge in [-0.05, 0) is 15.9 Å². The van der Waals surface area contributed by atoms with E-state index in [1.54, 1.807) is 0 Å². The Hall–Kier alpha value is -3.36. The average Bonchev–Trinajstić information content (AvgIpc) is 3.32. The van der Waals surface area contributed by atoms with Crippen molar-refractivity contribution >= 4 is 27.5 Å². The highest BCUT2D eigenvalue weighted by atomic mass is 79.9. The number of aromatic nitrogens is 7. The number of H-pyrrole nitrogens is 2. The van der Waals surface area contributed by atoms with E-state index >= 15 is 0 Å². The third kappa shape index (κ3) is 4.23.